The van der Waals surface area contributed by atoms with Gasteiger partial charge in [0, 0.05) is 13.1 Å². The van der Waals surface area contributed by atoms with Crippen molar-refractivity contribution in [2.45, 2.75) is 19.4 Å². The Hall–Kier alpha value is -1.89. The van der Waals surface area contributed by atoms with Gasteiger partial charge in [-0.25, -0.2) is 0 Å². The fourth-order valence-electron chi connectivity index (χ4n) is 2.40. The fourth-order valence-corrected chi connectivity index (χ4v) is 2.40. The number of H-pyrrole nitrogens is 1. The molecule has 2 atom stereocenters. The molecule has 2 unspecified atom stereocenters. The van der Waals surface area contributed by atoms with Gasteiger partial charge in [0.05, 0.1) is 17.7 Å². The van der Waals surface area contributed by atoms with Crippen LogP contribution in [-0.2, 0) is 0 Å². The van der Waals surface area contributed by atoms with Crippen LogP contribution < -0.4 is 10.6 Å². The van der Waals surface area contributed by atoms with Gasteiger partial charge in [-0.2, -0.15) is 15.1 Å². The molecule has 96 valence electrons. The van der Waals surface area contributed by atoms with E-state index >= 15 is 0 Å². The van der Waals surface area contributed by atoms with Crippen LogP contribution in [0, 0.1) is 5.92 Å². The van der Waals surface area contributed by atoms with E-state index in [0.717, 1.165) is 30.7 Å². The zero-order chi connectivity index (χ0) is 12.7. The number of nitrogen functional groups attached to an aromatic ring is 1. The molecule has 4 N–H and O–H groups in total. The van der Waals surface area contributed by atoms with E-state index in [1.54, 1.807) is 6.20 Å². The Morgan fingerprint density at radius 3 is 3.11 bits per heavy atom. The van der Waals surface area contributed by atoms with Crippen molar-refractivity contribution in [1.29, 1.82) is 0 Å². The maximum Gasteiger partial charge on any atom is 0.224 e. The van der Waals surface area contributed by atoms with Gasteiger partial charge in [-0.05, 0) is 12.3 Å². The summed E-state index contributed by atoms with van der Waals surface area (Å²) in [5.41, 5.74) is 6.36. The largest absolute Gasteiger partial charge is 0.393 e. The Balaban J connectivity index is 2.01. The molecule has 2 aromatic heterocycles. The van der Waals surface area contributed by atoms with Gasteiger partial charge < -0.3 is 15.7 Å². The van der Waals surface area contributed by atoms with E-state index in [2.05, 4.69) is 25.1 Å². The molecule has 1 fully saturated rings. The second kappa shape index (κ2) is 4.09. The highest BCUT2D eigenvalue weighted by molar-refractivity contribution is 5.87. The Bertz CT molecular complexity index is 568. The minimum atomic E-state index is -0.236. The van der Waals surface area contributed by atoms with Crippen LogP contribution in [0.3, 0.4) is 0 Å². The molecule has 7 heteroatoms. The molecule has 0 saturated carbocycles. The number of aromatic amines is 1. The first-order valence-electron chi connectivity index (χ1n) is 6.05. The van der Waals surface area contributed by atoms with Crippen molar-refractivity contribution < 1.29 is 5.11 Å². The Morgan fingerprint density at radius 1 is 1.50 bits per heavy atom. The number of piperidine rings is 1. The van der Waals surface area contributed by atoms with Crippen molar-refractivity contribution in [1.82, 2.24) is 20.2 Å². The lowest BCUT2D eigenvalue weighted by Gasteiger charge is -2.35. The number of rotatable bonds is 1. The summed E-state index contributed by atoms with van der Waals surface area (Å²) < 4.78 is 0. The number of nitrogens with one attached hydrogen (secondary N) is 1. The molecule has 3 rings (SSSR count). The van der Waals surface area contributed by atoms with Gasteiger partial charge in [0.2, 0.25) is 5.95 Å². The first-order chi connectivity index (χ1) is 8.65. The van der Waals surface area contributed by atoms with Crippen LogP contribution in [0.2, 0.25) is 0 Å². The zero-order valence-corrected chi connectivity index (χ0v) is 10.2. The van der Waals surface area contributed by atoms with Crippen molar-refractivity contribution in [3.05, 3.63) is 6.20 Å². The number of nitrogens with zero attached hydrogens (tertiary/aromatic N) is 4. The van der Waals surface area contributed by atoms with Crippen LogP contribution in [0.4, 0.5) is 11.8 Å². The van der Waals surface area contributed by atoms with Crippen LogP contribution in [0.1, 0.15) is 13.3 Å². The monoisotopic (exact) mass is 248 g/mol. The molecule has 1 aliphatic rings. The van der Waals surface area contributed by atoms with Crippen molar-refractivity contribution in [3.8, 4) is 0 Å². The van der Waals surface area contributed by atoms with Crippen molar-refractivity contribution >= 4 is 22.8 Å². The zero-order valence-electron chi connectivity index (χ0n) is 10.2. The number of hydrogen-bond donors (Lipinski definition) is 3. The fraction of sp³-hybridized carbons (Fsp3) is 0.545. The molecule has 0 aromatic carbocycles. The highest BCUT2D eigenvalue weighted by Crippen LogP contribution is 2.27. The molecule has 7 nitrogen and oxygen atoms in total. The topological polar surface area (TPSA) is 104 Å². The summed E-state index contributed by atoms with van der Waals surface area (Å²) in [6, 6.07) is 0. The first kappa shape index (κ1) is 11.2. The highest BCUT2D eigenvalue weighted by atomic mass is 16.3. The van der Waals surface area contributed by atoms with Gasteiger partial charge in [-0.3, -0.25) is 5.10 Å². The Morgan fingerprint density at radius 2 is 2.33 bits per heavy atom. The summed E-state index contributed by atoms with van der Waals surface area (Å²) in [6.45, 7) is 3.56. The molecular formula is C11H16N6O. The third-order valence-electron chi connectivity index (χ3n) is 3.47. The van der Waals surface area contributed by atoms with Crippen molar-refractivity contribution in [2.75, 3.05) is 23.7 Å². The number of aliphatic hydroxyl groups excluding tert-OH is 1. The highest BCUT2D eigenvalue weighted by Gasteiger charge is 2.26. The first-order valence-corrected chi connectivity index (χ1v) is 6.05. The summed E-state index contributed by atoms with van der Waals surface area (Å²) in [4.78, 5) is 10.5. The van der Waals surface area contributed by atoms with Crippen LogP contribution >= 0.6 is 0 Å². The van der Waals surface area contributed by atoms with Crippen molar-refractivity contribution in [3.63, 3.8) is 0 Å². The summed E-state index contributed by atoms with van der Waals surface area (Å²) in [5.74, 6) is 1.25. The number of anilines is 2. The van der Waals surface area contributed by atoms with Gasteiger partial charge in [0.25, 0.3) is 0 Å². The summed E-state index contributed by atoms with van der Waals surface area (Å²) in [5, 5.41) is 17.4. The second-order valence-electron chi connectivity index (χ2n) is 4.82. The lowest BCUT2D eigenvalue weighted by Crippen LogP contribution is -2.42. The Kier molecular flexibility index (Phi) is 2.55. The van der Waals surface area contributed by atoms with E-state index in [-0.39, 0.29) is 18.0 Å². The number of nitrogens with two attached hydrogens (primary N) is 1. The molecule has 0 aliphatic carbocycles. The van der Waals surface area contributed by atoms with Gasteiger partial charge in [0.15, 0.2) is 5.65 Å². The SMILES string of the molecule is CC1CN(c2nc(N)nc3[nH]ncc23)CCC1O. The predicted octanol–water partition coefficient (Wildman–Crippen LogP) is 0.142. The summed E-state index contributed by atoms with van der Waals surface area (Å²) >= 11 is 0. The minimum absolute atomic E-state index is 0.219. The van der Waals surface area contributed by atoms with Crippen LogP contribution in [0.15, 0.2) is 6.20 Å². The molecule has 1 aliphatic heterocycles. The van der Waals surface area contributed by atoms with Crippen LogP contribution in [0.5, 0.6) is 0 Å². The van der Waals surface area contributed by atoms with Crippen LogP contribution in [0.25, 0.3) is 11.0 Å². The van der Waals surface area contributed by atoms with Gasteiger partial charge in [0.1, 0.15) is 5.82 Å². The number of hydrogen-bond acceptors (Lipinski definition) is 6. The molecule has 18 heavy (non-hydrogen) atoms. The summed E-state index contributed by atoms with van der Waals surface area (Å²) in [6.07, 6.45) is 2.21. The molecule has 1 saturated heterocycles. The maximum absolute atomic E-state index is 9.77. The standard InChI is InChI=1S/C11H16N6O/c1-6-5-17(3-2-8(6)18)10-7-4-13-16-9(7)14-11(12)15-10/h4,6,8,18H,2-3,5H2,1H3,(H3,12,13,14,15,16). The van der Waals surface area contributed by atoms with Gasteiger partial charge in [-0.15, -0.1) is 0 Å². The molecule has 0 bridgehead atoms. The normalized spacial score (nSPS) is 24.7. The van der Waals surface area contributed by atoms with Gasteiger partial charge in [-0.1, -0.05) is 6.92 Å². The van der Waals surface area contributed by atoms with Gasteiger partial charge >= 0.3 is 0 Å². The van der Waals surface area contributed by atoms with E-state index in [0.29, 0.717) is 5.65 Å². The molecule has 0 radical (unpaired) electrons. The third-order valence-corrected chi connectivity index (χ3v) is 3.47. The smallest absolute Gasteiger partial charge is 0.224 e. The molecule has 3 heterocycles. The average molecular weight is 248 g/mol. The second-order valence-corrected chi connectivity index (χ2v) is 4.82. The van der Waals surface area contributed by atoms with E-state index in [4.69, 9.17) is 5.73 Å². The molecular weight excluding hydrogens is 232 g/mol. The molecule has 0 spiro atoms. The molecule has 0 amide bonds. The Labute approximate surface area is 104 Å². The number of fused-ring (bicyclic) bond motifs is 1. The molecule has 2 aromatic rings. The maximum atomic E-state index is 9.77. The predicted molar refractivity (Wildman–Crippen MR) is 68.1 cm³/mol. The van der Waals surface area contributed by atoms with E-state index in [9.17, 15) is 5.11 Å². The van der Waals surface area contributed by atoms with E-state index in [1.165, 1.54) is 0 Å². The third kappa shape index (κ3) is 1.76. The van der Waals surface area contributed by atoms with E-state index < -0.39 is 0 Å². The van der Waals surface area contributed by atoms with Crippen LogP contribution in [-0.4, -0.2) is 44.5 Å². The van der Waals surface area contributed by atoms with Crippen molar-refractivity contribution in [2.24, 2.45) is 5.92 Å². The minimum Gasteiger partial charge on any atom is -0.393 e. The number of aromatic nitrogens is 4. The number of aliphatic hydroxyl groups is 1. The quantitative estimate of drug-likeness (QED) is 0.663. The lowest BCUT2D eigenvalue weighted by atomic mass is 9.97. The van der Waals surface area contributed by atoms with E-state index in [1.807, 2.05) is 6.92 Å². The average Bonchev–Trinajstić information content (AvgIpc) is 2.79. The lowest BCUT2D eigenvalue weighted by molar-refractivity contribution is 0.0970. The summed E-state index contributed by atoms with van der Waals surface area (Å²) in [7, 11) is 0.